The van der Waals surface area contributed by atoms with Gasteiger partial charge in [-0.2, -0.15) is 0 Å². The van der Waals surface area contributed by atoms with E-state index in [1.165, 1.54) is 18.6 Å². The molecule has 4 heteroatoms. The van der Waals surface area contributed by atoms with Crippen molar-refractivity contribution in [3.8, 4) is 0 Å². The molecule has 2 atom stereocenters. The lowest BCUT2D eigenvalue weighted by atomic mass is 9.92. The number of likely N-dealkylation sites (tertiary alicyclic amines) is 1. The Morgan fingerprint density at radius 3 is 2.94 bits per heavy atom. The molecular formula is C14H20BrFN2. The standard InChI is InChI=1S/C14H20BrFN2/c1-10-4-5-18(13(6-10)8-17)9-11-2-3-12(16)7-14(11)15/h2-3,7,10,13H,4-6,8-9,17H2,1H3. The van der Waals surface area contributed by atoms with Gasteiger partial charge in [0.15, 0.2) is 0 Å². The third-order valence-electron chi connectivity index (χ3n) is 3.76. The van der Waals surface area contributed by atoms with Gasteiger partial charge in [-0.3, -0.25) is 4.90 Å². The van der Waals surface area contributed by atoms with Gasteiger partial charge in [-0.15, -0.1) is 0 Å². The molecule has 0 aromatic heterocycles. The molecule has 0 saturated carbocycles. The first-order valence-corrected chi connectivity index (χ1v) is 7.27. The summed E-state index contributed by atoms with van der Waals surface area (Å²) < 4.78 is 13.9. The number of rotatable bonds is 3. The number of benzene rings is 1. The Hall–Kier alpha value is -0.450. The van der Waals surface area contributed by atoms with Crippen LogP contribution in [0.25, 0.3) is 0 Å². The van der Waals surface area contributed by atoms with Crippen molar-refractivity contribution in [3.63, 3.8) is 0 Å². The smallest absolute Gasteiger partial charge is 0.124 e. The zero-order chi connectivity index (χ0) is 13.1. The van der Waals surface area contributed by atoms with Crippen LogP contribution in [0.4, 0.5) is 4.39 Å². The van der Waals surface area contributed by atoms with Crippen LogP contribution in [0.15, 0.2) is 22.7 Å². The molecule has 2 unspecified atom stereocenters. The first kappa shape index (κ1) is 14.0. The molecule has 100 valence electrons. The lowest BCUT2D eigenvalue weighted by Crippen LogP contribution is -2.45. The molecular weight excluding hydrogens is 295 g/mol. The molecule has 2 N–H and O–H groups in total. The highest BCUT2D eigenvalue weighted by Crippen LogP contribution is 2.26. The maximum Gasteiger partial charge on any atom is 0.124 e. The van der Waals surface area contributed by atoms with Crippen molar-refractivity contribution in [1.29, 1.82) is 0 Å². The van der Waals surface area contributed by atoms with Gasteiger partial charge < -0.3 is 5.73 Å². The molecule has 0 spiro atoms. The van der Waals surface area contributed by atoms with Crippen LogP contribution in [0.3, 0.4) is 0 Å². The second-order valence-corrected chi connectivity index (χ2v) is 6.08. The van der Waals surface area contributed by atoms with E-state index in [0.717, 1.165) is 35.5 Å². The summed E-state index contributed by atoms with van der Waals surface area (Å²) in [4.78, 5) is 2.41. The SMILES string of the molecule is CC1CCN(Cc2ccc(F)cc2Br)C(CN)C1. The Morgan fingerprint density at radius 2 is 2.28 bits per heavy atom. The summed E-state index contributed by atoms with van der Waals surface area (Å²) in [6.45, 7) is 4.90. The van der Waals surface area contributed by atoms with E-state index in [2.05, 4.69) is 27.8 Å². The van der Waals surface area contributed by atoms with E-state index < -0.39 is 0 Å². The van der Waals surface area contributed by atoms with Crippen molar-refractivity contribution >= 4 is 15.9 Å². The van der Waals surface area contributed by atoms with Crippen LogP contribution < -0.4 is 5.73 Å². The quantitative estimate of drug-likeness (QED) is 0.928. The molecule has 0 bridgehead atoms. The molecule has 18 heavy (non-hydrogen) atoms. The van der Waals surface area contributed by atoms with E-state index in [1.807, 2.05) is 6.07 Å². The predicted octanol–water partition coefficient (Wildman–Crippen LogP) is 3.15. The van der Waals surface area contributed by atoms with Crippen molar-refractivity contribution in [1.82, 2.24) is 4.90 Å². The summed E-state index contributed by atoms with van der Waals surface area (Å²) >= 11 is 3.43. The Bertz CT molecular complexity index is 411. The third-order valence-corrected chi connectivity index (χ3v) is 4.50. The fourth-order valence-corrected chi connectivity index (χ4v) is 3.10. The molecule has 1 aromatic rings. The second kappa shape index (κ2) is 6.13. The highest BCUT2D eigenvalue weighted by Gasteiger charge is 2.25. The van der Waals surface area contributed by atoms with E-state index in [0.29, 0.717) is 12.6 Å². The predicted molar refractivity (Wildman–Crippen MR) is 75.8 cm³/mol. The Kier molecular flexibility index (Phi) is 4.76. The summed E-state index contributed by atoms with van der Waals surface area (Å²) in [6.07, 6.45) is 2.38. The summed E-state index contributed by atoms with van der Waals surface area (Å²) in [7, 11) is 0. The summed E-state index contributed by atoms with van der Waals surface area (Å²) in [5.41, 5.74) is 6.99. The van der Waals surface area contributed by atoms with Gasteiger partial charge in [-0.25, -0.2) is 4.39 Å². The molecule has 1 fully saturated rings. The Morgan fingerprint density at radius 1 is 1.50 bits per heavy atom. The number of nitrogens with two attached hydrogens (primary N) is 1. The van der Waals surface area contributed by atoms with E-state index in [1.54, 1.807) is 0 Å². The van der Waals surface area contributed by atoms with Crippen LogP contribution >= 0.6 is 15.9 Å². The molecule has 0 aliphatic carbocycles. The number of nitrogens with zero attached hydrogens (tertiary/aromatic N) is 1. The molecule has 1 aliphatic heterocycles. The normalized spacial score (nSPS) is 25.3. The molecule has 1 saturated heterocycles. The van der Waals surface area contributed by atoms with Gasteiger partial charge in [-0.05, 0) is 43.0 Å². The average molecular weight is 315 g/mol. The monoisotopic (exact) mass is 314 g/mol. The highest BCUT2D eigenvalue weighted by atomic mass is 79.9. The van der Waals surface area contributed by atoms with E-state index in [-0.39, 0.29) is 5.82 Å². The van der Waals surface area contributed by atoms with Crippen molar-refractivity contribution in [2.75, 3.05) is 13.1 Å². The average Bonchev–Trinajstić information content (AvgIpc) is 2.34. The summed E-state index contributed by atoms with van der Waals surface area (Å²) in [6, 6.07) is 5.35. The molecule has 0 amide bonds. The fourth-order valence-electron chi connectivity index (χ4n) is 2.62. The van der Waals surface area contributed by atoms with Gasteiger partial charge in [-0.1, -0.05) is 28.9 Å². The van der Waals surface area contributed by atoms with Gasteiger partial charge >= 0.3 is 0 Å². The summed E-state index contributed by atoms with van der Waals surface area (Å²) in [5.74, 6) is 0.555. The van der Waals surface area contributed by atoms with Crippen LogP contribution in [0, 0.1) is 11.7 Å². The maximum atomic E-state index is 13.1. The molecule has 1 aliphatic rings. The van der Waals surface area contributed by atoms with Crippen LogP contribution in [-0.4, -0.2) is 24.0 Å². The highest BCUT2D eigenvalue weighted by molar-refractivity contribution is 9.10. The van der Waals surface area contributed by atoms with Gasteiger partial charge in [0.2, 0.25) is 0 Å². The minimum Gasteiger partial charge on any atom is -0.329 e. The fraction of sp³-hybridized carbons (Fsp3) is 0.571. The second-order valence-electron chi connectivity index (χ2n) is 5.23. The zero-order valence-corrected chi connectivity index (χ0v) is 12.3. The minimum absolute atomic E-state index is 0.201. The van der Waals surface area contributed by atoms with E-state index in [9.17, 15) is 4.39 Å². The summed E-state index contributed by atoms with van der Waals surface area (Å²) in [5, 5.41) is 0. The topological polar surface area (TPSA) is 29.3 Å². The van der Waals surface area contributed by atoms with Crippen molar-refractivity contribution < 1.29 is 4.39 Å². The van der Waals surface area contributed by atoms with E-state index >= 15 is 0 Å². The van der Waals surface area contributed by atoms with Gasteiger partial charge in [0.1, 0.15) is 5.82 Å². The number of hydrogen-bond donors (Lipinski definition) is 1. The van der Waals surface area contributed by atoms with Gasteiger partial charge in [0.25, 0.3) is 0 Å². The minimum atomic E-state index is -0.201. The number of piperidine rings is 1. The van der Waals surface area contributed by atoms with Crippen molar-refractivity contribution in [2.45, 2.75) is 32.4 Å². The van der Waals surface area contributed by atoms with Crippen molar-refractivity contribution in [3.05, 3.63) is 34.1 Å². The first-order valence-electron chi connectivity index (χ1n) is 6.48. The number of halogens is 2. The van der Waals surface area contributed by atoms with Crippen LogP contribution in [0.1, 0.15) is 25.3 Å². The molecule has 1 heterocycles. The zero-order valence-electron chi connectivity index (χ0n) is 10.7. The Balaban J connectivity index is 2.07. The van der Waals surface area contributed by atoms with Crippen LogP contribution in [0.2, 0.25) is 0 Å². The molecule has 2 rings (SSSR count). The first-order chi connectivity index (χ1) is 8.60. The van der Waals surface area contributed by atoms with Gasteiger partial charge in [0.05, 0.1) is 0 Å². The molecule has 1 aromatic carbocycles. The lowest BCUT2D eigenvalue weighted by Gasteiger charge is -2.38. The lowest BCUT2D eigenvalue weighted by molar-refractivity contribution is 0.115. The third kappa shape index (κ3) is 3.31. The molecule has 0 radical (unpaired) electrons. The number of hydrogen-bond acceptors (Lipinski definition) is 2. The maximum absolute atomic E-state index is 13.1. The largest absolute Gasteiger partial charge is 0.329 e. The van der Waals surface area contributed by atoms with Crippen molar-refractivity contribution in [2.24, 2.45) is 11.7 Å². The van der Waals surface area contributed by atoms with Crippen LogP contribution in [-0.2, 0) is 6.54 Å². The molecule has 2 nitrogen and oxygen atoms in total. The van der Waals surface area contributed by atoms with Crippen LogP contribution in [0.5, 0.6) is 0 Å². The Labute approximate surface area is 116 Å². The van der Waals surface area contributed by atoms with E-state index in [4.69, 9.17) is 5.73 Å². The van der Waals surface area contributed by atoms with Gasteiger partial charge in [0, 0.05) is 23.6 Å².